The molecule has 1 unspecified atom stereocenters. The maximum absolute atomic E-state index is 6.68. The van der Waals surface area contributed by atoms with E-state index in [1.807, 2.05) is 30.3 Å². The van der Waals surface area contributed by atoms with Crippen LogP contribution in [-0.2, 0) is 0 Å². The molecule has 0 saturated carbocycles. The van der Waals surface area contributed by atoms with Crippen LogP contribution in [0.3, 0.4) is 0 Å². The number of nitrogens with one attached hydrogen (secondary N) is 1. The van der Waals surface area contributed by atoms with Gasteiger partial charge in [0, 0.05) is 33.0 Å². The van der Waals surface area contributed by atoms with Crippen molar-refractivity contribution < 1.29 is 4.42 Å². The van der Waals surface area contributed by atoms with E-state index in [1.165, 1.54) is 21.5 Å². The van der Waals surface area contributed by atoms with E-state index in [0.717, 1.165) is 55.6 Å². The Labute approximate surface area is 260 Å². The Balaban J connectivity index is 1.26. The van der Waals surface area contributed by atoms with Gasteiger partial charge in [0.2, 0.25) is 0 Å². The summed E-state index contributed by atoms with van der Waals surface area (Å²) in [7, 11) is 0. The average Bonchev–Trinajstić information content (AvgIpc) is 3.51. The van der Waals surface area contributed by atoms with Crippen molar-refractivity contribution >= 4 is 55.2 Å². The Kier molecular flexibility index (Phi) is 5.85. The lowest BCUT2D eigenvalue weighted by molar-refractivity contribution is 0.663. The van der Waals surface area contributed by atoms with Crippen molar-refractivity contribution in [2.75, 3.05) is 0 Å². The second-order valence-corrected chi connectivity index (χ2v) is 11.4. The van der Waals surface area contributed by atoms with Gasteiger partial charge in [-0.1, -0.05) is 140 Å². The third kappa shape index (κ3) is 4.30. The van der Waals surface area contributed by atoms with Gasteiger partial charge in [-0.25, -0.2) is 9.98 Å². The fourth-order valence-electron chi connectivity index (χ4n) is 6.56. The van der Waals surface area contributed by atoms with E-state index in [0.29, 0.717) is 5.84 Å². The number of para-hydroxylation sites is 1. The molecule has 2 heterocycles. The Morgan fingerprint density at radius 1 is 0.533 bits per heavy atom. The highest BCUT2D eigenvalue weighted by molar-refractivity contribution is 6.16. The third-order valence-corrected chi connectivity index (χ3v) is 8.73. The molecule has 45 heavy (non-hydrogen) atoms. The van der Waals surface area contributed by atoms with Gasteiger partial charge in [-0.2, -0.15) is 0 Å². The average molecular weight is 578 g/mol. The fourth-order valence-corrected chi connectivity index (χ4v) is 6.56. The summed E-state index contributed by atoms with van der Waals surface area (Å²) in [5, 5.41) is 10.6. The van der Waals surface area contributed by atoms with E-state index in [-0.39, 0.29) is 6.17 Å². The molecular formula is C41H27N3O. The number of hydrogen-bond acceptors (Lipinski definition) is 4. The smallest absolute Gasteiger partial charge is 0.159 e. The number of nitrogens with zero attached hydrogens (tertiary/aromatic N) is 2. The lowest BCUT2D eigenvalue weighted by Gasteiger charge is -2.24. The largest absolute Gasteiger partial charge is 0.455 e. The van der Waals surface area contributed by atoms with Crippen molar-refractivity contribution in [1.82, 2.24) is 5.32 Å². The van der Waals surface area contributed by atoms with E-state index in [9.17, 15) is 0 Å². The summed E-state index contributed by atoms with van der Waals surface area (Å²) in [6, 6.07) is 52.7. The van der Waals surface area contributed by atoms with Crippen molar-refractivity contribution in [3.63, 3.8) is 0 Å². The van der Waals surface area contributed by atoms with Crippen LogP contribution in [0.1, 0.15) is 22.9 Å². The number of aliphatic imine (C=N–C) groups is 2. The zero-order valence-corrected chi connectivity index (χ0v) is 24.3. The van der Waals surface area contributed by atoms with Crippen LogP contribution < -0.4 is 5.32 Å². The first-order valence-electron chi connectivity index (χ1n) is 15.2. The Hall–Kier alpha value is -6.00. The topological polar surface area (TPSA) is 49.9 Å². The van der Waals surface area contributed by atoms with Crippen molar-refractivity contribution in [2.45, 2.75) is 6.17 Å². The second kappa shape index (κ2) is 10.3. The number of amidine groups is 2. The quantitative estimate of drug-likeness (QED) is 0.226. The minimum absolute atomic E-state index is 0.385. The van der Waals surface area contributed by atoms with Crippen LogP contribution in [0, 0.1) is 0 Å². The van der Waals surface area contributed by atoms with Gasteiger partial charge in [-0.05, 0) is 39.2 Å². The summed E-state index contributed by atoms with van der Waals surface area (Å²) in [5.74, 6) is 1.49. The minimum atomic E-state index is -0.385. The summed E-state index contributed by atoms with van der Waals surface area (Å²) in [6.07, 6.45) is -0.385. The molecule has 0 fully saturated rings. The molecule has 0 saturated heterocycles. The molecule has 0 amide bonds. The Morgan fingerprint density at radius 3 is 2.16 bits per heavy atom. The van der Waals surface area contributed by atoms with Crippen molar-refractivity contribution in [3.8, 4) is 11.1 Å². The van der Waals surface area contributed by atoms with Crippen molar-refractivity contribution in [1.29, 1.82) is 0 Å². The predicted molar refractivity (Wildman–Crippen MR) is 186 cm³/mol. The molecule has 1 aliphatic heterocycles. The number of rotatable bonds is 4. The lowest BCUT2D eigenvalue weighted by Crippen LogP contribution is -2.33. The molecule has 1 atom stereocenters. The maximum atomic E-state index is 6.68. The van der Waals surface area contributed by atoms with Gasteiger partial charge >= 0.3 is 0 Å². The van der Waals surface area contributed by atoms with Crippen LogP contribution >= 0.6 is 0 Å². The summed E-state index contributed by atoms with van der Waals surface area (Å²) >= 11 is 0. The van der Waals surface area contributed by atoms with E-state index in [4.69, 9.17) is 14.4 Å². The summed E-state index contributed by atoms with van der Waals surface area (Å²) in [6.45, 7) is 0. The van der Waals surface area contributed by atoms with E-state index < -0.39 is 0 Å². The first-order valence-corrected chi connectivity index (χ1v) is 15.2. The van der Waals surface area contributed by atoms with E-state index >= 15 is 0 Å². The maximum Gasteiger partial charge on any atom is 0.159 e. The standard InChI is InChI=1S/C41H27N3O/c1-2-13-28(14-3-1)39-42-40(30-22-21-26-11-4-5-15-29(26)25-30)44-41(43-39)35-24-23-33(32-19-10-16-27-12-6-7-17-31(27)32)38-37(35)34-18-8-9-20-36(34)45-38/h1-25,41H,(H,42,43,44). The molecule has 8 aromatic rings. The monoisotopic (exact) mass is 577 g/mol. The molecule has 1 aliphatic rings. The number of fused-ring (bicyclic) bond motifs is 5. The highest BCUT2D eigenvalue weighted by Gasteiger charge is 2.26. The number of furan rings is 1. The van der Waals surface area contributed by atoms with Gasteiger partial charge in [0.1, 0.15) is 23.2 Å². The first-order chi connectivity index (χ1) is 22.3. The van der Waals surface area contributed by atoms with Crippen LogP contribution in [0.4, 0.5) is 0 Å². The van der Waals surface area contributed by atoms with Crippen molar-refractivity contribution in [2.24, 2.45) is 9.98 Å². The Bertz CT molecular complexity index is 2470. The Morgan fingerprint density at radius 2 is 1.27 bits per heavy atom. The van der Waals surface area contributed by atoms with E-state index in [1.54, 1.807) is 0 Å². The molecule has 0 radical (unpaired) electrons. The zero-order chi connectivity index (χ0) is 29.7. The molecule has 0 spiro atoms. The molecule has 4 heteroatoms. The van der Waals surface area contributed by atoms with Gasteiger partial charge in [0.05, 0.1) is 0 Å². The molecule has 0 bridgehead atoms. The van der Waals surface area contributed by atoms with Crippen LogP contribution in [0.5, 0.6) is 0 Å². The zero-order valence-electron chi connectivity index (χ0n) is 24.3. The fraction of sp³-hybridized carbons (Fsp3) is 0.0244. The third-order valence-electron chi connectivity index (χ3n) is 8.73. The first kappa shape index (κ1) is 25.5. The van der Waals surface area contributed by atoms with E-state index in [2.05, 4.69) is 127 Å². The second-order valence-electron chi connectivity index (χ2n) is 11.4. The molecule has 9 rings (SSSR count). The van der Waals surface area contributed by atoms with Gasteiger partial charge < -0.3 is 9.73 Å². The van der Waals surface area contributed by atoms with Gasteiger partial charge in [-0.3, -0.25) is 0 Å². The van der Waals surface area contributed by atoms with Crippen LogP contribution in [-0.4, -0.2) is 11.7 Å². The number of benzene rings is 7. The summed E-state index contributed by atoms with van der Waals surface area (Å²) in [5.41, 5.74) is 6.96. The van der Waals surface area contributed by atoms with Gasteiger partial charge in [0.25, 0.3) is 0 Å². The molecule has 1 aromatic heterocycles. The van der Waals surface area contributed by atoms with Gasteiger partial charge in [-0.15, -0.1) is 0 Å². The van der Waals surface area contributed by atoms with Gasteiger partial charge in [0.15, 0.2) is 5.84 Å². The molecule has 0 aliphatic carbocycles. The molecule has 212 valence electrons. The van der Waals surface area contributed by atoms with Crippen LogP contribution in [0.2, 0.25) is 0 Å². The molecule has 1 N–H and O–H groups in total. The summed E-state index contributed by atoms with van der Waals surface area (Å²) in [4.78, 5) is 10.3. The summed E-state index contributed by atoms with van der Waals surface area (Å²) < 4.78 is 6.68. The normalized spacial score (nSPS) is 14.9. The SMILES string of the molecule is c1ccc(C2=NC(c3ccc(-c4cccc5ccccc45)c4oc5ccccc5c34)NC(c3ccc4ccccc4c3)=N2)cc1. The van der Waals surface area contributed by atoms with Crippen molar-refractivity contribution in [3.05, 3.63) is 168 Å². The molecular weight excluding hydrogens is 550 g/mol. The highest BCUT2D eigenvalue weighted by atomic mass is 16.3. The minimum Gasteiger partial charge on any atom is -0.455 e. The van der Waals surface area contributed by atoms with Crippen LogP contribution in [0.15, 0.2) is 166 Å². The molecule has 4 nitrogen and oxygen atoms in total. The van der Waals surface area contributed by atoms with Crippen LogP contribution in [0.25, 0.3) is 54.6 Å². The lowest BCUT2D eigenvalue weighted by atomic mass is 9.93. The predicted octanol–water partition coefficient (Wildman–Crippen LogP) is 10.1. The number of hydrogen-bond donors (Lipinski definition) is 1. The highest BCUT2D eigenvalue weighted by Crippen LogP contribution is 2.42. The molecule has 7 aromatic carbocycles.